The van der Waals surface area contributed by atoms with Gasteiger partial charge in [0.25, 0.3) is 0 Å². The molecule has 0 amide bonds. The molecule has 2 aromatic rings. The van der Waals surface area contributed by atoms with Crippen LogP contribution in [0.2, 0.25) is 0 Å². The predicted octanol–water partition coefficient (Wildman–Crippen LogP) is 5.11. The molecule has 3 heteroatoms. The molecular weight excluding hydrogens is 266 g/mol. The van der Waals surface area contributed by atoms with Crippen molar-refractivity contribution in [2.45, 2.75) is 31.1 Å². The lowest BCUT2D eigenvalue weighted by atomic mass is 9.86. The van der Waals surface area contributed by atoms with Gasteiger partial charge in [-0.15, -0.1) is 0 Å². The van der Waals surface area contributed by atoms with E-state index in [9.17, 15) is 0 Å². The fraction of sp³-hybridized carbons (Fsp3) is 0.294. The Labute approximate surface area is 125 Å². The first-order valence-electron chi connectivity index (χ1n) is 6.68. The summed E-state index contributed by atoms with van der Waals surface area (Å²) in [6, 6.07) is 16.4. The molecule has 0 saturated carbocycles. The molecule has 0 aliphatic heterocycles. The van der Waals surface area contributed by atoms with E-state index in [1.807, 2.05) is 30.3 Å². The van der Waals surface area contributed by atoms with Crippen molar-refractivity contribution in [1.29, 1.82) is 0 Å². The lowest BCUT2D eigenvalue weighted by molar-refractivity contribution is 0.387. The van der Waals surface area contributed by atoms with Gasteiger partial charge in [0, 0.05) is 11.3 Å². The number of hydrogen-bond acceptors (Lipinski definition) is 3. The summed E-state index contributed by atoms with van der Waals surface area (Å²) in [5.74, 6) is 0.952. The highest BCUT2D eigenvalue weighted by molar-refractivity contribution is 8.00. The standard InChI is InChI=1S/C17H21NOS/c1-17(2,3)14-11-8-12-15(16(14)19-4)20-18-13-9-6-5-7-10-13/h5-12,18H,1-4H3. The summed E-state index contributed by atoms with van der Waals surface area (Å²) in [5, 5.41) is 0. The Bertz CT molecular complexity index is 561. The SMILES string of the molecule is COc1c(SNc2ccccc2)cccc1C(C)(C)C. The van der Waals surface area contributed by atoms with Crippen molar-refractivity contribution in [1.82, 2.24) is 0 Å². The largest absolute Gasteiger partial charge is 0.495 e. The van der Waals surface area contributed by atoms with E-state index in [-0.39, 0.29) is 5.41 Å². The molecule has 106 valence electrons. The lowest BCUT2D eigenvalue weighted by Gasteiger charge is -2.23. The van der Waals surface area contributed by atoms with Gasteiger partial charge in [0.05, 0.1) is 12.0 Å². The predicted molar refractivity (Wildman–Crippen MR) is 87.6 cm³/mol. The molecule has 0 atom stereocenters. The van der Waals surface area contributed by atoms with Crippen LogP contribution in [-0.2, 0) is 5.41 Å². The topological polar surface area (TPSA) is 21.3 Å². The van der Waals surface area contributed by atoms with Gasteiger partial charge in [-0.25, -0.2) is 0 Å². The van der Waals surface area contributed by atoms with E-state index < -0.39 is 0 Å². The fourth-order valence-electron chi connectivity index (χ4n) is 2.02. The fourth-order valence-corrected chi connectivity index (χ4v) is 2.81. The van der Waals surface area contributed by atoms with Gasteiger partial charge in [-0.2, -0.15) is 0 Å². The number of para-hydroxylation sites is 2. The molecule has 0 unspecified atom stereocenters. The Morgan fingerprint density at radius 2 is 1.65 bits per heavy atom. The van der Waals surface area contributed by atoms with Crippen LogP contribution in [0.25, 0.3) is 0 Å². The van der Waals surface area contributed by atoms with Crippen molar-refractivity contribution >= 4 is 17.6 Å². The van der Waals surface area contributed by atoms with Crippen molar-refractivity contribution < 1.29 is 4.74 Å². The van der Waals surface area contributed by atoms with E-state index >= 15 is 0 Å². The number of benzene rings is 2. The molecule has 2 rings (SSSR count). The van der Waals surface area contributed by atoms with Crippen molar-refractivity contribution in [2.24, 2.45) is 0 Å². The zero-order valence-electron chi connectivity index (χ0n) is 12.4. The summed E-state index contributed by atoms with van der Waals surface area (Å²) < 4.78 is 8.98. The van der Waals surface area contributed by atoms with Crippen molar-refractivity contribution in [2.75, 3.05) is 11.8 Å². The van der Waals surface area contributed by atoms with Crippen molar-refractivity contribution in [3.63, 3.8) is 0 Å². The third kappa shape index (κ3) is 3.48. The molecule has 0 heterocycles. The summed E-state index contributed by atoms with van der Waals surface area (Å²) in [4.78, 5) is 1.10. The Morgan fingerprint density at radius 1 is 0.950 bits per heavy atom. The first-order chi connectivity index (χ1) is 9.52. The highest BCUT2D eigenvalue weighted by Crippen LogP contribution is 2.38. The molecule has 0 saturated heterocycles. The number of nitrogens with one attached hydrogen (secondary N) is 1. The zero-order chi connectivity index (χ0) is 14.6. The van der Waals surface area contributed by atoms with Crippen LogP contribution in [0.4, 0.5) is 5.69 Å². The van der Waals surface area contributed by atoms with E-state index in [1.54, 1.807) is 19.1 Å². The molecule has 1 N–H and O–H groups in total. The quantitative estimate of drug-likeness (QED) is 0.789. The maximum atomic E-state index is 5.63. The van der Waals surface area contributed by atoms with Crippen LogP contribution in [-0.4, -0.2) is 7.11 Å². The number of methoxy groups -OCH3 is 1. The molecule has 2 aromatic carbocycles. The van der Waals surface area contributed by atoms with E-state index in [0.29, 0.717) is 0 Å². The van der Waals surface area contributed by atoms with E-state index in [4.69, 9.17) is 4.74 Å². The molecule has 0 radical (unpaired) electrons. The summed E-state index contributed by atoms with van der Waals surface area (Å²) in [6.07, 6.45) is 0. The van der Waals surface area contributed by atoms with Crippen molar-refractivity contribution in [3.8, 4) is 5.75 Å². The van der Waals surface area contributed by atoms with E-state index in [1.165, 1.54) is 5.56 Å². The lowest BCUT2D eigenvalue weighted by Crippen LogP contribution is -2.13. The van der Waals surface area contributed by atoms with Crippen LogP contribution in [0.15, 0.2) is 53.4 Å². The minimum atomic E-state index is 0.0641. The average Bonchev–Trinajstić information content (AvgIpc) is 2.44. The van der Waals surface area contributed by atoms with Crippen LogP contribution < -0.4 is 9.46 Å². The van der Waals surface area contributed by atoms with Gasteiger partial charge in [-0.1, -0.05) is 51.1 Å². The second-order valence-electron chi connectivity index (χ2n) is 5.66. The van der Waals surface area contributed by atoms with E-state index in [0.717, 1.165) is 16.3 Å². The Hall–Kier alpha value is -1.61. The minimum Gasteiger partial charge on any atom is -0.495 e. The zero-order valence-corrected chi connectivity index (χ0v) is 13.3. The van der Waals surface area contributed by atoms with Crippen LogP contribution in [0.5, 0.6) is 5.75 Å². The maximum absolute atomic E-state index is 5.63. The van der Waals surface area contributed by atoms with Crippen LogP contribution in [0.1, 0.15) is 26.3 Å². The number of hydrogen-bond donors (Lipinski definition) is 1. The molecule has 0 aromatic heterocycles. The summed E-state index contributed by atoms with van der Waals surface area (Å²) in [7, 11) is 1.73. The molecular formula is C17H21NOS. The molecule has 0 bridgehead atoms. The van der Waals surface area contributed by atoms with Crippen molar-refractivity contribution in [3.05, 3.63) is 54.1 Å². The Morgan fingerprint density at radius 3 is 2.25 bits per heavy atom. The average molecular weight is 287 g/mol. The Balaban J connectivity index is 2.24. The molecule has 0 spiro atoms. The normalized spacial score (nSPS) is 11.2. The first kappa shape index (κ1) is 14.8. The third-order valence-electron chi connectivity index (χ3n) is 3.04. The molecule has 0 fully saturated rings. The molecule has 0 aliphatic carbocycles. The monoisotopic (exact) mass is 287 g/mol. The minimum absolute atomic E-state index is 0.0641. The Kier molecular flexibility index (Phi) is 4.61. The molecule has 20 heavy (non-hydrogen) atoms. The summed E-state index contributed by atoms with van der Waals surface area (Å²) in [5.41, 5.74) is 2.37. The summed E-state index contributed by atoms with van der Waals surface area (Å²) >= 11 is 1.58. The highest BCUT2D eigenvalue weighted by atomic mass is 32.2. The number of ether oxygens (including phenoxy) is 1. The summed E-state index contributed by atoms with van der Waals surface area (Å²) in [6.45, 7) is 6.60. The van der Waals surface area contributed by atoms with Crippen LogP contribution in [0.3, 0.4) is 0 Å². The van der Waals surface area contributed by atoms with Gasteiger partial charge >= 0.3 is 0 Å². The number of rotatable bonds is 4. The van der Waals surface area contributed by atoms with Crippen LogP contribution >= 0.6 is 11.9 Å². The molecule has 2 nitrogen and oxygen atoms in total. The second kappa shape index (κ2) is 6.23. The van der Waals surface area contributed by atoms with Gasteiger partial charge in [0.15, 0.2) is 0 Å². The van der Waals surface area contributed by atoms with Gasteiger partial charge in [0.2, 0.25) is 0 Å². The van der Waals surface area contributed by atoms with E-state index in [2.05, 4.69) is 43.7 Å². The van der Waals surface area contributed by atoms with Crippen LogP contribution in [0, 0.1) is 0 Å². The first-order valence-corrected chi connectivity index (χ1v) is 7.49. The number of anilines is 1. The third-order valence-corrected chi connectivity index (χ3v) is 3.92. The van der Waals surface area contributed by atoms with Gasteiger partial charge in [-0.3, -0.25) is 0 Å². The highest BCUT2D eigenvalue weighted by Gasteiger charge is 2.21. The second-order valence-corrected chi connectivity index (χ2v) is 6.51. The molecule has 0 aliphatic rings. The maximum Gasteiger partial charge on any atom is 0.137 e. The smallest absolute Gasteiger partial charge is 0.137 e. The van der Waals surface area contributed by atoms with Gasteiger partial charge in [-0.05, 0) is 35.6 Å². The van der Waals surface area contributed by atoms with Gasteiger partial charge < -0.3 is 9.46 Å². The van der Waals surface area contributed by atoms with Gasteiger partial charge in [0.1, 0.15) is 5.75 Å².